The van der Waals surface area contributed by atoms with Gasteiger partial charge in [-0.1, -0.05) is 12.1 Å². The number of benzene rings is 1. The van der Waals surface area contributed by atoms with Gasteiger partial charge >= 0.3 is 5.97 Å². The Morgan fingerprint density at radius 3 is 2.47 bits per heavy atom. The van der Waals surface area contributed by atoms with Crippen molar-refractivity contribution in [3.63, 3.8) is 0 Å². The van der Waals surface area contributed by atoms with Crippen molar-refractivity contribution >= 4 is 16.0 Å². The molecule has 0 bridgehead atoms. The summed E-state index contributed by atoms with van der Waals surface area (Å²) in [6.45, 7) is 4.16. The lowest BCUT2D eigenvalue weighted by Gasteiger charge is -2.30. The van der Waals surface area contributed by atoms with Crippen molar-refractivity contribution in [1.29, 1.82) is 0 Å². The molecule has 104 valence electrons. The molecule has 0 radical (unpaired) electrons. The number of nitrogens with zero attached hydrogens (tertiary/aromatic N) is 1. The van der Waals surface area contributed by atoms with Crippen molar-refractivity contribution in [2.75, 3.05) is 6.54 Å². The standard InChI is InChI=1S/C13H17NO4S/c1-13(2)8-5-9-14(13)19(17,18)11-7-4-3-6-10(11)12(15)16/h3-4,6-7H,5,8-9H2,1-2H3,(H,15,16). The van der Waals surface area contributed by atoms with E-state index >= 15 is 0 Å². The van der Waals surface area contributed by atoms with E-state index in [-0.39, 0.29) is 10.5 Å². The van der Waals surface area contributed by atoms with Crippen LogP contribution in [0.5, 0.6) is 0 Å². The maximum absolute atomic E-state index is 12.6. The second kappa shape index (κ2) is 4.61. The number of hydrogen-bond donors (Lipinski definition) is 1. The average molecular weight is 283 g/mol. The van der Waals surface area contributed by atoms with Gasteiger partial charge in [0.05, 0.1) is 10.5 Å². The number of sulfonamides is 1. The Kier molecular flexibility index (Phi) is 3.40. The fourth-order valence-corrected chi connectivity index (χ4v) is 4.55. The van der Waals surface area contributed by atoms with Crippen LogP contribution in [0.4, 0.5) is 0 Å². The number of aromatic carboxylic acids is 1. The van der Waals surface area contributed by atoms with Crippen LogP contribution in [0, 0.1) is 0 Å². The van der Waals surface area contributed by atoms with Crippen molar-refractivity contribution in [3.05, 3.63) is 29.8 Å². The van der Waals surface area contributed by atoms with Crippen molar-refractivity contribution < 1.29 is 18.3 Å². The smallest absolute Gasteiger partial charge is 0.337 e. The Morgan fingerprint density at radius 2 is 1.95 bits per heavy atom. The average Bonchev–Trinajstić information content (AvgIpc) is 2.69. The molecule has 0 saturated carbocycles. The summed E-state index contributed by atoms with van der Waals surface area (Å²) in [6, 6.07) is 5.74. The van der Waals surface area contributed by atoms with Gasteiger partial charge in [-0.25, -0.2) is 13.2 Å². The number of carbonyl (C=O) groups is 1. The summed E-state index contributed by atoms with van der Waals surface area (Å²) in [5.74, 6) is -1.23. The zero-order valence-electron chi connectivity index (χ0n) is 11.0. The van der Waals surface area contributed by atoms with Crippen LogP contribution in [0.15, 0.2) is 29.2 Å². The molecule has 19 heavy (non-hydrogen) atoms. The highest BCUT2D eigenvalue weighted by atomic mass is 32.2. The summed E-state index contributed by atoms with van der Waals surface area (Å²) in [6.07, 6.45) is 1.57. The van der Waals surface area contributed by atoms with E-state index in [0.29, 0.717) is 6.54 Å². The first-order valence-corrected chi connectivity index (χ1v) is 7.56. The lowest BCUT2D eigenvalue weighted by atomic mass is 10.0. The van der Waals surface area contributed by atoms with Crippen molar-refractivity contribution in [3.8, 4) is 0 Å². The Hall–Kier alpha value is -1.40. The lowest BCUT2D eigenvalue weighted by molar-refractivity contribution is 0.0692. The van der Waals surface area contributed by atoms with Crippen molar-refractivity contribution in [1.82, 2.24) is 4.31 Å². The highest BCUT2D eigenvalue weighted by Gasteiger charge is 2.42. The third-order valence-electron chi connectivity index (χ3n) is 3.51. The minimum atomic E-state index is -3.77. The third-order valence-corrected chi connectivity index (χ3v) is 5.68. The zero-order chi connectivity index (χ0) is 14.3. The second-order valence-electron chi connectivity index (χ2n) is 5.29. The van der Waals surface area contributed by atoms with E-state index in [1.54, 1.807) is 6.07 Å². The van der Waals surface area contributed by atoms with Gasteiger partial charge in [0.1, 0.15) is 0 Å². The Morgan fingerprint density at radius 1 is 1.32 bits per heavy atom. The molecule has 0 amide bonds. The van der Waals surface area contributed by atoms with Crippen LogP contribution >= 0.6 is 0 Å². The fourth-order valence-electron chi connectivity index (χ4n) is 2.52. The first kappa shape index (κ1) is 14.0. The summed E-state index contributed by atoms with van der Waals surface area (Å²) in [5.41, 5.74) is -0.644. The molecule has 2 rings (SSSR count). The summed E-state index contributed by atoms with van der Waals surface area (Å²) in [7, 11) is -3.77. The molecular formula is C13H17NO4S. The Labute approximate surface area is 112 Å². The van der Waals surface area contributed by atoms with Gasteiger partial charge in [0, 0.05) is 12.1 Å². The van der Waals surface area contributed by atoms with Crippen molar-refractivity contribution in [2.45, 2.75) is 37.1 Å². The molecule has 1 heterocycles. The first-order chi connectivity index (χ1) is 8.77. The molecule has 1 fully saturated rings. The van der Waals surface area contributed by atoms with Crippen LogP contribution in [-0.2, 0) is 10.0 Å². The molecule has 1 saturated heterocycles. The Balaban J connectivity index is 2.55. The number of rotatable bonds is 3. The molecule has 1 aromatic rings. The molecule has 1 N–H and O–H groups in total. The van der Waals surface area contributed by atoms with Crippen LogP contribution in [0.3, 0.4) is 0 Å². The topological polar surface area (TPSA) is 74.7 Å². The molecule has 1 aliphatic heterocycles. The molecule has 6 heteroatoms. The third kappa shape index (κ3) is 2.37. The normalized spacial score (nSPS) is 19.5. The number of hydrogen-bond acceptors (Lipinski definition) is 3. The van der Waals surface area contributed by atoms with Gasteiger partial charge in [-0.05, 0) is 38.8 Å². The van der Waals surface area contributed by atoms with E-state index in [0.717, 1.165) is 12.8 Å². The number of carboxylic acids is 1. The molecule has 1 aliphatic rings. The van der Waals surface area contributed by atoms with Gasteiger partial charge in [-0.2, -0.15) is 4.31 Å². The monoisotopic (exact) mass is 283 g/mol. The Bertz CT molecular complexity index is 607. The van der Waals surface area contributed by atoms with Crippen LogP contribution in [0.1, 0.15) is 37.0 Å². The summed E-state index contributed by atoms with van der Waals surface area (Å²) in [4.78, 5) is 11.0. The lowest BCUT2D eigenvalue weighted by Crippen LogP contribution is -2.42. The van der Waals surface area contributed by atoms with Gasteiger partial charge in [0.15, 0.2) is 0 Å². The van der Waals surface area contributed by atoms with E-state index in [9.17, 15) is 13.2 Å². The molecule has 5 nitrogen and oxygen atoms in total. The van der Waals surface area contributed by atoms with Crippen LogP contribution in [-0.4, -0.2) is 35.9 Å². The van der Waals surface area contributed by atoms with Gasteiger partial charge in [-0.3, -0.25) is 0 Å². The maximum atomic E-state index is 12.6. The van der Waals surface area contributed by atoms with Gasteiger partial charge in [-0.15, -0.1) is 0 Å². The molecule has 0 unspecified atom stereocenters. The van der Waals surface area contributed by atoms with Crippen molar-refractivity contribution in [2.24, 2.45) is 0 Å². The molecular weight excluding hydrogens is 266 g/mol. The van der Waals surface area contributed by atoms with Crippen LogP contribution < -0.4 is 0 Å². The summed E-state index contributed by atoms with van der Waals surface area (Å²) in [5, 5.41) is 9.12. The predicted molar refractivity (Wildman–Crippen MR) is 70.6 cm³/mol. The second-order valence-corrected chi connectivity index (χ2v) is 7.13. The first-order valence-electron chi connectivity index (χ1n) is 6.12. The molecule has 1 aromatic carbocycles. The highest BCUT2D eigenvalue weighted by Crippen LogP contribution is 2.34. The predicted octanol–water partition coefficient (Wildman–Crippen LogP) is 1.95. The van der Waals surface area contributed by atoms with Gasteiger partial charge in [0.2, 0.25) is 10.0 Å². The van der Waals surface area contributed by atoms with Gasteiger partial charge < -0.3 is 5.11 Å². The molecule has 0 aromatic heterocycles. The quantitative estimate of drug-likeness (QED) is 0.920. The van der Waals surface area contributed by atoms with E-state index in [1.807, 2.05) is 13.8 Å². The van der Waals surface area contributed by atoms with Crippen LogP contribution in [0.25, 0.3) is 0 Å². The van der Waals surface area contributed by atoms with E-state index < -0.39 is 21.5 Å². The zero-order valence-corrected chi connectivity index (χ0v) is 11.8. The van der Waals surface area contributed by atoms with Crippen LogP contribution in [0.2, 0.25) is 0 Å². The van der Waals surface area contributed by atoms with E-state index in [4.69, 9.17) is 5.11 Å². The van der Waals surface area contributed by atoms with Gasteiger partial charge in [0.25, 0.3) is 0 Å². The highest BCUT2D eigenvalue weighted by molar-refractivity contribution is 7.89. The maximum Gasteiger partial charge on any atom is 0.337 e. The van der Waals surface area contributed by atoms with E-state index in [2.05, 4.69) is 0 Å². The minimum absolute atomic E-state index is 0.127. The molecule has 0 atom stereocenters. The SMILES string of the molecule is CC1(C)CCCN1S(=O)(=O)c1ccccc1C(=O)O. The molecule has 0 aliphatic carbocycles. The minimum Gasteiger partial charge on any atom is -0.478 e. The molecule has 0 spiro atoms. The number of carboxylic acid groups (broad SMARTS) is 1. The fraction of sp³-hybridized carbons (Fsp3) is 0.462. The largest absolute Gasteiger partial charge is 0.478 e. The summed E-state index contributed by atoms with van der Waals surface area (Å²) >= 11 is 0. The van der Waals surface area contributed by atoms with E-state index in [1.165, 1.54) is 22.5 Å². The summed E-state index contributed by atoms with van der Waals surface area (Å²) < 4.78 is 26.7.